The molecule has 1 saturated carbocycles. The number of imidazole rings is 1. The van der Waals surface area contributed by atoms with Crippen LogP contribution in [0.25, 0.3) is 33.3 Å². The number of H-pyrrole nitrogens is 1. The first-order chi connectivity index (χ1) is 13.2. The largest absolute Gasteiger partial charge is 0.461 e. The molecule has 4 aromatic rings. The molecule has 5 nitrogen and oxygen atoms in total. The van der Waals surface area contributed by atoms with Crippen LogP contribution in [0.1, 0.15) is 32.1 Å². The summed E-state index contributed by atoms with van der Waals surface area (Å²) in [4.78, 5) is 12.5. The number of aryl methyl sites for hydroxylation is 1. The van der Waals surface area contributed by atoms with E-state index in [0.717, 1.165) is 35.1 Å². The molecule has 0 unspecified atom stereocenters. The van der Waals surface area contributed by atoms with Gasteiger partial charge in [-0.05, 0) is 49.3 Å². The summed E-state index contributed by atoms with van der Waals surface area (Å²) in [6.45, 7) is 0. The van der Waals surface area contributed by atoms with Crippen molar-refractivity contribution in [2.75, 3.05) is 0 Å². The van der Waals surface area contributed by atoms with Crippen molar-refractivity contribution in [1.29, 1.82) is 0 Å². The second-order valence-electron chi connectivity index (χ2n) is 7.31. The van der Waals surface area contributed by atoms with Gasteiger partial charge in [-0.3, -0.25) is 4.98 Å². The molecule has 0 saturated heterocycles. The van der Waals surface area contributed by atoms with Crippen molar-refractivity contribution in [2.24, 2.45) is 7.05 Å². The summed E-state index contributed by atoms with van der Waals surface area (Å²) >= 11 is 6.54. The number of nitrogens with zero attached hydrogens (tertiary/aromatic N) is 3. The van der Waals surface area contributed by atoms with Crippen molar-refractivity contribution in [3.05, 3.63) is 41.6 Å². The molecular weight excluding hydrogens is 360 g/mol. The van der Waals surface area contributed by atoms with Gasteiger partial charge < -0.3 is 9.30 Å². The third kappa shape index (κ3) is 3.06. The van der Waals surface area contributed by atoms with Gasteiger partial charge in [0.25, 0.3) is 6.01 Å². The number of fused-ring (bicyclic) bond motifs is 2. The van der Waals surface area contributed by atoms with Gasteiger partial charge in [0.15, 0.2) is 5.65 Å². The maximum atomic E-state index is 6.54. The zero-order valence-electron chi connectivity index (χ0n) is 15.2. The molecule has 0 atom stereocenters. The van der Waals surface area contributed by atoms with Crippen LogP contribution in [0.15, 0.2) is 36.5 Å². The molecule has 0 aliphatic heterocycles. The standard InChI is InChI=1S/C21H21ClN4O/c1-26-10-9-13-7-8-14(11-18(13)26)19-16(22)12-17-20(24-19)25-21(23-17)27-15-5-3-2-4-6-15/h7-12,15H,2-6H2,1H3,(H,23,24,25). The molecule has 1 aliphatic carbocycles. The number of hydrogen-bond acceptors (Lipinski definition) is 3. The van der Waals surface area contributed by atoms with E-state index in [9.17, 15) is 0 Å². The van der Waals surface area contributed by atoms with Crippen molar-refractivity contribution in [3.63, 3.8) is 0 Å². The quantitative estimate of drug-likeness (QED) is 0.512. The van der Waals surface area contributed by atoms with Crippen molar-refractivity contribution in [1.82, 2.24) is 19.5 Å². The SMILES string of the molecule is Cn1ccc2ccc(-c3nc4[nH]c(OC5CCCCC5)nc4cc3Cl)cc21. The molecule has 1 N–H and O–H groups in total. The smallest absolute Gasteiger partial charge is 0.296 e. The average Bonchev–Trinajstić information content (AvgIpc) is 3.24. The highest BCUT2D eigenvalue weighted by Gasteiger charge is 2.18. The van der Waals surface area contributed by atoms with Crippen molar-refractivity contribution in [3.8, 4) is 17.3 Å². The van der Waals surface area contributed by atoms with Crippen molar-refractivity contribution in [2.45, 2.75) is 38.2 Å². The van der Waals surface area contributed by atoms with Crippen LogP contribution in [-0.4, -0.2) is 25.6 Å². The van der Waals surface area contributed by atoms with Crippen LogP contribution in [-0.2, 0) is 7.05 Å². The van der Waals surface area contributed by atoms with Crippen LogP contribution in [0.4, 0.5) is 0 Å². The highest BCUT2D eigenvalue weighted by atomic mass is 35.5. The molecule has 0 spiro atoms. The molecule has 0 amide bonds. The number of aromatic nitrogens is 4. The first-order valence-electron chi connectivity index (χ1n) is 9.46. The molecule has 1 aromatic carbocycles. The molecule has 5 rings (SSSR count). The van der Waals surface area contributed by atoms with Gasteiger partial charge in [-0.25, -0.2) is 4.98 Å². The summed E-state index contributed by atoms with van der Waals surface area (Å²) in [7, 11) is 2.04. The summed E-state index contributed by atoms with van der Waals surface area (Å²) < 4.78 is 8.13. The van der Waals surface area contributed by atoms with E-state index in [-0.39, 0.29) is 6.10 Å². The van der Waals surface area contributed by atoms with Gasteiger partial charge in [-0.1, -0.05) is 30.2 Å². The van der Waals surface area contributed by atoms with Crippen LogP contribution < -0.4 is 4.74 Å². The van der Waals surface area contributed by atoms with Crippen molar-refractivity contribution < 1.29 is 4.74 Å². The van der Waals surface area contributed by atoms with E-state index in [0.29, 0.717) is 16.7 Å². The summed E-state index contributed by atoms with van der Waals surface area (Å²) in [5, 5.41) is 1.79. The summed E-state index contributed by atoms with van der Waals surface area (Å²) in [6.07, 6.45) is 8.22. The van der Waals surface area contributed by atoms with E-state index in [1.165, 1.54) is 24.6 Å². The van der Waals surface area contributed by atoms with E-state index in [1.54, 1.807) is 0 Å². The predicted octanol–water partition coefficient (Wildman–Crippen LogP) is 5.48. The molecule has 6 heteroatoms. The van der Waals surface area contributed by atoms with Gasteiger partial charge in [-0.2, -0.15) is 4.98 Å². The van der Waals surface area contributed by atoms with Crippen LogP contribution in [0.2, 0.25) is 5.02 Å². The second kappa shape index (κ2) is 6.57. The number of benzene rings is 1. The van der Waals surface area contributed by atoms with E-state index in [1.807, 2.05) is 13.1 Å². The number of hydrogen-bond donors (Lipinski definition) is 1. The molecule has 0 bridgehead atoms. The number of rotatable bonds is 3. The predicted molar refractivity (Wildman–Crippen MR) is 108 cm³/mol. The minimum absolute atomic E-state index is 0.244. The second-order valence-corrected chi connectivity index (χ2v) is 7.71. The Morgan fingerprint density at radius 3 is 2.81 bits per heavy atom. The fraction of sp³-hybridized carbons (Fsp3) is 0.333. The Morgan fingerprint density at radius 1 is 1.11 bits per heavy atom. The molecular formula is C21H21ClN4O. The van der Waals surface area contributed by atoms with E-state index in [4.69, 9.17) is 21.3 Å². The third-order valence-corrected chi connectivity index (χ3v) is 5.68. The lowest BCUT2D eigenvalue weighted by atomic mass is 9.98. The van der Waals surface area contributed by atoms with E-state index < -0.39 is 0 Å². The molecule has 1 aliphatic rings. The summed E-state index contributed by atoms with van der Waals surface area (Å²) in [5.41, 5.74) is 4.32. The highest BCUT2D eigenvalue weighted by molar-refractivity contribution is 6.33. The van der Waals surface area contributed by atoms with Crippen LogP contribution in [0, 0.1) is 0 Å². The highest BCUT2D eigenvalue weighted by Crippen LogP contribution is 2.32. The van der Waals surface area contributed by atoms with Gasteiger partial charge >= 0.3 is 0 Å². The normalized spacial score (nSPS) is 15.6. The van der Waals surface area contributed by atoms with Crippen LogP contribution >= 0.6 is 11.6 Å². The van der Waals surface area contributed by atoms with Gasteiger partial charge in [-0.15, -0.1) is 0 Å². The zero-order valence-corrected chi connectivity index (χ0v) is 16.0. The third-order valence-electron chi connectivity index (χ3n) is 5.40. The molecule has 3 aromatic heterocycles. The Balaban J connectivity index is 1.52. The Bertz CT molecular complexity index is 1120. The minimum Gasteiger partial charge on any atom is -0.461 e. The van der Waals surface area contributed by atoms with E-state index >= 15 is 0 Å². The Kier molecular flexibility index (Phi) is 4.05. The lowest BCUT2D eigenvalue weighted by Crippen LogP contribution is -2.20. The summed E-state index contributed by atoms with van der Waals surface area (Å²) in [6, 6.07) is 10.8. The first kappa shape index (κ1) is 16.6. The zero-order chi connectivity index (χ0) is 18.4. The van der Waals surface area contributed by atoms with Gasteiger partial charge in [0.05, 0.1) is 10.7 Å². The van der Waals surface area contributed by atoms with Crippen LogP contribution in [0.3, 0.4) is 0 Å². The Hall–Kier alpha value is -2.53. The maximum absolute atomic E-state index is 6.54. The Morgan fingerprint density at radius 2 is 1.96 bits per heavy atom. The molecule has 27 heavy (non-hydrogen) atoms. The van der Waals surface area contributed by atoms with Gasteiger partial charge in [0.1, 0.15) is 11.6 Å². The van der Waals surface area contributed by atoms with Crippen LogP contribution in [0.5, 0.6) is 6.01 Å². The van der Waals surface area contributed by atoms with Gasteiger partial charge in [0, 0.05) is 24.3 Å². The first-order valence-corrected chi connectivity index (χ1v) is 9.83. The monoisotopic (exact) mass is 380 g/mol. The summed E-state index contributed by atoms with van der Waals surface area (Å²) in [5.74, 6) is 0. The molecule has 1 fully saturated rings. The molecule has 0 radical (unpaired) electrons. The lowest BCUT2D eigenvalue weighted by molar-refractivity contribution is 0.143. The number of halogens is 1. The number of pyridine rings is 1. The number of nitrogens with one attached hydrogen (secondary N) is 1. The number of ether oxygens (including phenoxy) is 1. The van der Waals surface area contributed by atoms with Crippen molar-refractivity contribution >= 4 is 33.7 Å². The van der Waals surface area contributed by atoms with E-state index in [2.05, 4.69) is 45.0 Å². The lowest BCUT2D eigenvalue weighted by Gasteiger charge is -2.21. The fourth-order valence-corrected chi connectivity index (χ4v) is 4.16. The number of aromatic amines is 1. The minimum atomic E-state index is 0.244. The average molecular weight is 381 g/mol. The fourth-order valence-electron chi connectivity index (χ4n) is 3.90. The molecule has 3 heterocycles. The Labute approximate surface area is 162 Å². The van der Waals surface area contributed by atoms with Gasteiger partial charge in [0.2, 0.25) is 0 Å². The molecule has 138 valence electrons. The topological polar surface area (TPSA) is 55.7 Å². The maximum Gasteiger partial charge on any atom is 0.296 e.